The summed E-state index contributed by atoms with van der Waals surface area (Å²) in [5, 5.41) is 3.34. The lowest BCUT2D eigenvalue weighted by molar-refractivity contribution is 0.0686. The first-order valence-corrected chi connectivity index (χ1v) is 6.90. The van der Waals surface area contributed by atoms with Crippen LogP contribution < -0.4 is 10.1 Å². The second-order valence-electron chi connectivity index (χ2n) is 5.21. The number of nitrogens with zero attached hydrogens (tertiary/aromatic N) is 1. The van der Waals surface area contributed by atoms with Gasteiger partial charge in [-0.1, -0.05) is 12.1 Å². The van der Waals surface area contributed by atoms with Gasteiger partial charge in [-0.15, -0.1) is 0 Å². The lowest BCUT2D eigenvalue weighted by Crippen LogP contribution is -2.56. The topological polar surface area (TPSA) is 50.8 Å². The zero-order chi connectivity index (χ0) is 14.5. The molecule has 5 heteroatoms. The van der Waals surface area contributed by atoms with Gasteiger partial charge in [0.25, 0.3) is 0 Å². The average molecular weight is 278 g/mol. The number of methoxy groups -OCH3 is 1. The van der Waals surface area contributed by atoms with Gasteiger partial charge in [0.15, 0.2) is 0 Å². The summed E-state index contributed by atoms with van der Waals surface area (Å²) in [4.78, 5) is 13.9. The number of ether oxygens (including phenoxy) is 2. The van der Waals surface area contributed by atoms with Crippen molar-refractivity contribution in [2.75, 3.05) is 20.2 Å². The molecule has 20 heavy (non-hydrogen) atoms. The molecule has 5 nitrogen and oxygen atoms in total. The van der Waals surface area contributed by atoms with E-state index in [2.05, 4.69) is 12.2 Å². The van der Waals surface area contributed by atoms with Crippen LogP contribution in [0.1, 0.15) is 19.4 Å². The summed E-state index contributed by atoms with van der Waals surface area (Å²) in [6, 6.07) is 7.98. The molecule has 0 spiro atoms. The number of hydrogen-bond acceptors (Lipinski definition) is 4. The number of piperazine rings is 1. The predicted octanol–water partition coefficient (Wildman–Crippen LogP) is 2.01. The van der Waals surface area contributed by atoms with Crippen molar-refractivity contribution in [3.8, 4) is 5.75 Å². The Morgan fingerprint density at radius 2 is 2.05 bits per heavy atom. The van der Waals surface area contributed by atoms with Crippen LogP contribution in [0, 0.1) is 0 Å². The van der Waals surface area contributed by atoms with Crippen molar-refractivity contribution >= 4 is 6.09 Å². The molecule has 2 atom stereocenters. The fraction of sp³-hybridized carbons (Fsp3) is 0.533. The van der Waals surface area contributed by atoms with Crippen LogP contribution in [0.2, 0.25) is 0 Å². The van der Waals surface area contributed by atoms with Gasteiger partial charge < -0.3 is 19.7 Å². The summed E-state index contributed by atoms with van der Waals surface area (Å²) in [7, 11) is 1.63. The van der Waals surface area contributed by atoms with E-state index in [1.165, 1.54) is 0 Å². The smallest absolute Gasteiger partial charge is 0.410 e. The third-order valence-electron chi connectivity index (χ3n) is 3.52. The van der Waals surface area contributed by atoms with Crippen LogP contribution in [0.15, 0.2) is 24.3 Å². The molecule has 1 aliphatic heterocycles. The van der Waals surface area contributed by atoms with E-state index >= 15 is 0 Å². The lowest BCUT2D eigenvalue weighted by atomic mass is 10.1. The average Bonchev–Trinajstić information content (AvgIpc) is 2.47. The first-order chi connectivity index (χ1) is 9.60. The third kappa shape index (κ3) is 3.63. The molecule has 0 aliphatic carbocycles. The van der Waals surface area contributed by atoms with Crippen LogP contribution in [-0.4, -0.2) is 43.3 Å². The Balaban J connectivity index is 1.87. The van der Waals surface area contributed by atoms with Gasteiger partial charge in [0.2, 0.25) is 0 Å². The normalized spacial score (nSPS) is 22.4. The summed E-state index contributed by atoms with van der Waals surface area (Å²) in [5.41, 5.74) is 0.954. The van der Waals surface area contributed by atoms with Gasteiger partial charge in [-0.25, -0.2) is 4.79 Å². The standard InChI is InChI=1S/C15H22N2O3/c1-11-9-17(12(2)8-16-11)15(18)20-10-13-4-6-14(19-3)7-5-13/h4-7,11-12,16H,8-10H2,1-3H3. The summed E-state index contributed by atoms with van der Waals surface area (Å²) in [6.07, 6.45) is -0.248. The van der Waals surface area contributed by atoms with E-state index in [0.29, 0.717) is 12.6 Å². The fourth-order valence-electron chi connectivity index (χ4n) is 2.23. The zero-order valence-corrected chi connectivity index (χ0v) is 12.3. The molecule has 0 aromatic heterocycles. The Hall–Kier alpha value is -1.75. The maximum absolute atomic E-state index is 12.1. The number of rotatable bonds is 3. The molecule has 1 aromatic rings. The Bertz CT molecular complexity index is 447. The number of nitrogens with one attached hydrogen (secondary N) is 1. The summed E-state index contributed by atoms with van der Waals surface area (Å²) < 4.78 is 10.5. The highest BCUT2D eigenvalue weighted by Gasteiger charge is 2.27. The monoisotopic (exact) mass is 278 g/mol. The molecule has 1 fully saturated rings. The molecular formula is C15H22N2O3. The molecule has 0 saturated carbocycles. The highest BCUT2D eigenvalue weighted by Crippen LogP contribution is 2.14. The Labute approximate surface area is 119 Å². The molecular weight excluding hydrogens is 256 g/mol. The third-order valence-corrected chi connectivity index (χ3v) is 3.52. The van der Waals surface area contributed by atoms with Crippen molar-refractivity contribution in [1.82, 2.24) is 10.2 Å². The van der Waals surface area contributed by atoms with Crippen LogP contribution in [-0.2, 0) is 11.3 Å². The highest BCUT2D eigenvalue weighted by molar-refractivity contribution is 5.68. The van der Waals surface area contributed by atoms with E-state index in [4.69, 9.17) is 9.47 Å². The van der Waals surface area contributed by atoms with Crippen molar-refractivity contribution < 1.29 is 14.3 Å². The lowest BCUT2D eigenvalue weighted by Gasteiger charge is -2.36. The number of carbonyl (C=O) groups excluding carboxylic acids is 1. The van der Waals surface area contributed by atoms with Gasteiger partial charge in [0.05, 0.1) is 7.11 Å². The van der Waals surface area contributed by atoms with Crippen molar-refractivity contribution in [3.63, 3.8) is 0 Å². The second-order valence-corrected chi connectivity index (χ2v) is 5.21. The minimum absolute atomic E-state index is 0.162. The molecule has 1 aliphatic rings. The van der Waals surface area contributed by atoms with Gasteiger partial charge in [0, 0.05) is 25.2 Å². The van der Waals surface area contributed by atoms with Crippen LogP contribution in [0.4, 0.5) is 4.79 Å². The zero-order valence-electron chi connectivity index (χ0n) is 12.3. The molecule has 1 aromatic carbocycles. The number of carbonyl (C=O) groups is 1. The molecule has 2 unspecified atom stereocenters. The fourth-order valence-corrected chi connectivity index (χ4v) is 2.23. The number of amides is 1. The molecule has 0 radical (unpaired) electrons. The van der Waals surface area contributed by atoms with Crippen molar-refractivity contribution in [2.24, 2.45) is 0 Å². The Morgan fingerprint density at radius 3 is 2.70 bits per heavy atom. The minimum Gasteiger partial charge on any atom is -0.497 e. The maximum atomic E-state index is 12.1. The summed E-state index contributed by atoms with van der Waals surface area (Å²) in [5.74, 6) is 0.796. The van der Waals surface area contributed by atoms with Gasteiger partial charge in [-0.2, -0.15) is 0 Å². The maximum Gasteiger partial charge on any atom is 0.410 e. The first kappa shape index (κ1) is 14.7. The van der Waals surface area contributed by atoms with Crippen LogP contribution in [0.5, 0.6) is 5.75 Å². The van der Waals surface area contributed by atoms with Gasteiger partial charge in [0.1, 0.15) is 12.4 Å². The molecule has 1 N–H and O–H groups in total. The van der Waals surface area contributed by atoms with E-state index in [1.807, 2.05) is 31.2 Å². The van der Waals surface area contributed by atoms with E-state index in [-0.39, 0.29) is 18.7 Å². The van der Waals surface area contributed by atoms with E-state index in [1.54, 1.807) is 12.0 Å². The second kappa shape index (κ2) is 6.61. The summed E-state index contributed by atoms with van der Waals surface area (Å²) >= 11 is 0. The first-order valence-electron chi connectivity index (χ1n) is 6.90. The molecule has 110 valence electrons. The Morgan fingerprint density at radius 1 is 1.35 bits per heavy atom. The SMILES string of the molecule is COc1ccc(COC(=O)N2CC(C)NCC2C)cc1. The quantitative estimate of drug-likeness (QED) is 0.919. The molecule has 1 heterocycles. The highest BCUT2D eigenvalue weighted by atomic mass is 16.6. The van der Waals surface area contributed by atoms with Crippen LogP contribution >= 0.6 is 0 Å². The minimum atomic E-state index is -0.248. The number of hydrogen-bond donors (Lipinski definition) is 1. The van der Waals surface area contributed by atoms with Crippen LogP contribution in [0.25, 0.3) is 0 Å². The van der Waals surface area contributed by atoms with Crippen molar-refractivity contribution in [3.05, 3.63) is 29.8 Å². The van der Waals surface area contributed by atoms with Crippen molar-refractivity contribution in [1.29, 1.82) is 0 Å². The van der Waals surface area contributed by atoms with E-state index < -0.39 is 0 Å². The van der Waals surface area contributed by atoms with Gasteiger partial charge in [-0.05, 0) is 31.5 Å². The van der Waals surface area contributed by atoms with Gasteiger partial charge >= 0.3 is 6.09 Å². The molecule has 1 saturated heterocycles. The van der Waals surface area contributed by atoms with Gasteiger partial charge in [-0.3, -0.25) is 0 Å². The molecule has 1 amide bonds. The van der Waals surface area contributed by atoms with E-state index in [0.717, 1.165) is 17.9 Å². The number of benzene rings is 1. The van der Waals surface area contributed by atoms with E-state index in [9.17, 15) is 4.79 Å². The largest absolute Gasteiger partial charge is 0.497 e. The molecule has 0 bridgehead atoms. The Kier molecular flexibility index (Phi) is 4.84. The summed E-state index contributed by atoms with van der Waals surface area (Å²) in [6.45, 7) is 5.86. The van der Waals surface area contributed by atoms with Crippen molar-refractivity contribution in [2.45, 2.75) is 32.5 Å². The molecule has 2 rings (SSSR count). The van der Waals surface area contributed by atoms with Crippen LogP contribution in [0.3, 0.4) is 0 Å². The predicted molar refractivity (Wildman–Crippen MR) is 76.8 cm³/mol.